The number of carbonyl (C=O) groups is 1. The molecule has 0 aliphatic heterocycles. The first kappa shape index (κ1) is 11.0. The Kier molecular flexibility index (Phi) is 3.47. The van der Waals surface area contributed by atoms with Crippen LogP contribution >= 0.6 is 11.6 Å². The molecule has 4 heteroatoms. The van der Waals surface area contributed by atoms with E-state index >= 15 is 0 Å². The van der Waals surface area contributed by atoms with Crippen molar-refractivity contribution in [3.05, 3.63) is 22.8 Å². The van der Waals surface area contributed by atoms with Crippen LogP contribution in [0.25, 0.3) is 0 Å². The van der Waals surface area contributed by atoms with Crippen LogP contribution in [0.1, 0.15) is 24.2 Å². The zero-order chi connectivity index (χ0) is 10.7. The third-order valence-corrected chi connectivity index (χ3v) is 2.08. The van der Waals surface area contributed by atoms with E-state index in [9.17, 15) is 4.79 Å². The summed E-state index contributed by atoms with van der Waals surface area (Å²) in [4.78, 5) is 15.5. The summed E-state index contributed by atoms with van der Waals surface area (Å²) in [5, 5.41) is 0.360. The molecule has 1 rings (SSSR count). The van der Waals surface area contributed by atoms with E-state index < -0.39 is 0 Å². The third kappa shape index (κ3) is 2.23. The Morgan fingerprint density at radius 3 is 2.64 bits per heavy atom. The van der Waals surface area contributed by atoms with E-state index in [0.717, 1.165) is 0 Å². The second kappa shape index (κ2) is 4.42. The summed E-state index contributed by atoms with van der Waals surface area (Å²) in [5.41, 5.74) is 0.519. The van der Waals surface area contributed by atoms with Crippen molar-refractivity contribution in [2.45, 2.75) is 13.8 Å². The lowest BCUT2D eigenvalue weighted by Gasteiger charge is -2.06. The highest BCUT2D eigenvalue weighted by Gasteiger charge is 2.13. The molecule has 0 saturated heterocycles. The van der Waals surface area contributed by atoms with Gasteiger partial charge in [0, 0.05) is 17.7 Å². The Hall–Kier alpha value is -1.09. The number of methoxy groups -OCH3 is 1. The van der Waals surface area contributed by atoms with Gasteiger partial charge in [0.1, 0.15) is 5.02 Å². The lowest BCUT2D eigenvalue weighted by molar-refractivity contribution is 0.0939. The van der Waals surface area contributed by atoms with Crippen molar-refractivity contribution in [1.82, 2.24) is 4.98 Å². The minimum Gasteiger partial charge on any atom is -0.480 e. The Labute approximate surface area is 88.1 Å². The molecule has 1 aromatic heterocycles. The van der Waals surface area contributed by atoms with Gasteiger partial charge in [-0.25, -0.2) is 4.98 Å². The molecule has 0 atom stereocenters. The first-order valence-corrected chi connectivity index (χ1v) is 4.67. The second-order valence-electron chi connectivity index (χ2n) is 3.23. The zero-order valence-electron chi connectivity index (χ0n) is 8.37. The fourth-order valence-electron chi connectivity index (χ4n) is 1.04. The highest BCUT2D eigenvalue weighted by atomic mass is 35.5. The molecule has 1 aromatic rings. The van der Waals surface area contributed by atoms with Gasteiger partial charge in [-0.05, 0) is 6.07 Å². The normalized spacial score (nSPS) is 10.4. The Bertz CT molecular complexity index is 350. The van der Waals surface area contributed by atoms with E-state index in [4.69, 9.17) is 16.3 Å². The van der Waals surface area contributed by atoms with Crippen LogP contribution in [-0.4, -0.2) is 17.9 Å². The number of rotatable bonds is 3. The smallest absolute Gasteiger partial charge is 0.232 e. The maximum absolute atomic E-state index is 11.6. The summed E-state index contributed by atoms with van der Waals surface area (Å²) >= 11 is 5.84. The summed E-state index contributed by atoms with van der Waals surface area (Å²) in [7, 11) is 1.48. The van der Waals surface area contributed by atoms with Crippen molar-refractivity contribution < 1.29 is 9.53 Å². The highest BCUT2D eigenvalue weighted by Crippen LogP contribution is 2.22. The van der Waals surface area contributed by atoms with E-state index in [2.05, 4.69) is 4.98 Å². The Balaban J connectivity index is 3.03. The van der Waals surface area contributed by atoms with Crippen LogP contribution in [0.15, 0.2) is 12.3 Å². The Morgan fingerprint density at radius 2 is 2.21 bits per heavy atom. The predicted octanol–water partition coefficient (Wildman–Crippen LogP) is 2.58. The standard InChI is InChI=1S/C10H12ClNO2/c1-6(2)9(13)7-4-8(11)10(14-3)12-5-7/h4-6H,1-3H3. The number of Topliss-reactive ketones (excluding diaryl/α,β-unsaturated/α-hetero) is 1. The average Bonchev–Trinajstić information content (AvgIpc) is 2.16. The summed E-state index contributed by atoms with van der Waals surface area (Å²) in [6, 6.07) is 1.58. The van der Waals surface area contributed by atoms with Crippen molar-refractivity contribution in [1.29, 1.82) is 0 Å². The van der Waals surface area contributed by atoms with Gasteiger partial charge >= 0.3 is 0 Å². The molecular weight excluding hydrogens is 202 g/mol. The van der Waals surface area contributed by atoms with E-state index in [1.54, 1.807) is 6.07 Å². The maximum atomic E-state index is 11.6. The molecular formula is C10H12ClNO2. The van der Waals surface area contributed by atoms with Crippen molar-refractivity contribution in [2.24, 2.45) is 5.92 Å². The topological polar surface area (TPSA) is 39.2 Å². The molecule has 3 nitrogen and oxygen atoms in total. The first-order valence-electron chi connectivity index (χ1n) is 4.30. The number of ketones is 1. The number of pyridine rings is 1. The minimum atomic E-state index is -0.0544. The molecule has 0 saturated carbocycles. The highest BCUT2D eigenvalue weighted by molar-refractivity contribution is 6.32. The van der Waals surface area contributed by atoms with Crippen molar-refractivity contribution in [2.75, 3.05) is 7.11 Å². The number of carbonyl (C=O) groups excluding carboxylic acids is 1. The van der Waals surface area contributed by atoms with Crippen LogP contribution in [0, 0.1) is 5.92 Å². The van der Waals surface area contributed by atoms with Gasteiger partial charge in [0.2, 0.25) is 5.88 Å². The summed E-state index contributed by atoms with van der Waals surface area (Å²) in [6.07, 6.45) is 1.48. The maximum Gasteiger partial charge on any atom is 0.232 e. The number of aromatic nitrogens is 1. The quantitative estimate of drug-likeness (QED) is 0.725. The molecule has 0 bridgehead atoms. The molecule has 76 valence electrons. The molecule has 0 aromatic carbocycles. The van der Waals surface area contributed by atoms with Gasteiger partial charge in [0.15, 0.2) is 5.78 Å². The number of ether oxygens (including phenoxy) is 1. The van der Waals surface area contributed by atoms with Crippen molar-refractivity contribution >= 4 is 17.4 Å². The van der Waals surface area contributed by atoms with Gasteiger partial charge in [-0.2, -0.15) is 0 Å². The van der Waals surface area contributed by atoms with Crippen LogP contribution in [0.5, 0.6) is 5.88 Å². The van der Waals surface area contributed by atoms with Crippen LogP contribution in [0.3, 0.4) is 0 Å². The van der Waals surface area contributed by atoms with Gasteiger partial charge in [0.25, 0.3) is 0 Å². The SMILES string of the molecule is COc1ncc(C(=O)C(C)C)cc1Cl. The third-order valence-electron chi connectivity index (χ3n) is 1.81. The van der Waals surface area contributed by atoms with Gasteiger partial charge in [0.05, 0.1) is 7.11 Å². The number of nitrogens with zero attached hydrogens (tertiary/aromatic N) is 1. The molecule has 0 amide bonds. The minimum absolute atomic E-state index is 0.0297. The lowest BCUT2D eigenvalue weighted by Crippen LogP contribution is -2.08. The van der Waals surface area contributed by atoms with E-state index in [1.807, 2.05) is 13.8 Å². The molecule has 0 aliphatic carbocycles. The number of hydrogen-bond donors (Lipinski definition) is 0. The largest absolute Gasteiger partial charge is 0.480 e. The molecule has 14 heavy (non-hydrogen) atoms. The number of halogens is 1. The summed E-state index contributed by atoms with van der Waals surface area (Å²) in [5.74, 6) is 0.315. The zero-order valence-corrected chi connectivity index (χ0v) is 9.13. The van der Waals surface area contributed by atoms with Gasteiger partial charge in [-0.1, -0.05) is 25.4 Å². The Morgan fingerprint density at radius 1 is 1.57 bits per heavy atom. The van der Waals surface area contributed by atoms with E-state index in [-0.39, 0.29) is 11.7 Å². The van der Waals surface area contributed by atoms with Gasteiger partial charge < -0.3 is 4.74 Å². The second-order valence-corrected chi connectivity index (χ2v) is 3.64. The fourth-order valence-corrected chi connectivity index (χ4v) is 1.29. The first-order chi connectivity index (χ1) is 6.56. The predicted molar refractivity (Wildman–Crippen MR) is 55.0 cm³/mol. The molecule has 1 heterocycles. The molecule has 0 N–H and O–H groups in total. The lowest BCUT2D eigenvalue weighted by atomic mass is 10.0. The molecule has 0 fully saturated rings. The van der Waals surface area contributed by atoms with Gasteiger partial charge in [-0.3, -0.25) is 4.79 Å². The van der Waals surface area contributed by atoms with Crippen LogP contribution < -0.4 is 4.74 Å². The van der Waals surface area contributed by atoms with Crippen LogP contribution in [0.2, 0.25) is 5.02 Å². The van der Waals surface area contributed by atoms with E-state index in [0.29, 0.717) is 16.5 Å². The summed E-state index contributed by atoms with van der Waals surface area (Å²) < 4.78 is 4.89. The fraction of sp³-hybridized carbons (Fsp3) is 0.400. The van der Waals surface area contributed by atoms with Crippen molar-refractivity contribution in [3.8, 4) is 5.88 Å². The monoisotopic (exact) mass is 213 g/mol. The van der Waals surface area contributed by atoms with E-state index in [1.165, 1.54) is 13.3 Å². The van der Waals surface area contributed by atoms with Gasteiger partial charge in [-0.15, -0.1) is 0 Å². The molecule has 0 aliphatic rings. The summed E-state index contributed by atoms with van der Waals surface area (Å²) in [6.45, 7) is 3.67. The van der Waals surface area contributed by atoms with Crippen LogP contribution in [-0.2, 0) is 0 Å². The van der Waals surface area contributed by atoms with Crippen molar-refractivity contribution in [3.63, 3.8) is 0 Å². The number of hydrogen-bond acceptors (Lipinski definition) is 3. The van der Waals surface area contributed by atoms with Crippen LogP contribution in [0.4, 0.5) is 0 Å². The molecule has 0 unspecified atom stereocenters. The molecule has 0 radical (unpaired) electrons. The average molecular weight is 214 g/mol. The molecule has 0 spiro atoms.